The van der Waals surface area contributed by atoms with E-state index in [0.717, 1.165) is 53.0 Å². The van der Waals surface area contributed by atoms with Crippen molar-refractivity contribution in [1.82, 2.24) is 4.98 Å². The fourth-order valence-corrected chi connectivity index (χ4v) is 4.50. The van der Waals surface area contributed by atoms with Crippen LogP contribution in [-0.2, 0) is 16.0 Å². The van der Waals surface area contributed by atoms with E-state index >= 15 is 0 Å². The topological polar surface area (TPSA) is 61.6 Å². The lowest BCUT2D eigenvalue weighted by Gasteiger charge is -2.14. The highest BCUT2D eigenvalue weighted by Gasteiger charge is 2.27. The Balaban J connectivity index is 1.41. The van der Waals surface area contributed by atoms with Crippen molar-refractivity contribution in [3.8, 4) is 28.3 Å². The van der Waals surface area contributed by atoms with Crippen molar-refractivity contribution in [3.05, 3.63) is 102 Å². The Morgan fingerprint density at radius 3 is 2.46 bits per heavy atom. The first-order chi connectivity index (χ1) is 17.2. The molecule has 0 radical (unpaired) electrons. The summed E-state index contributed by atoms with van der Waals surface area (Å²) in [4.78, 5) is 16.4. The smallest absolute Gasteiger partial charge is 0.343 e. The molecule has 1 aliphatic carbocycles. The third-order valence-corrected chi connectivity index (χ3v) is 6.24. The fraction of sp³-hybridized carbons (Fsp3) is 0.200. The maximum absolute atomic E-state index is 11.4. The minimum atomic E-state index is -0.399. The number of aromatic nitrogens is 1. The molecular formula is C30H27NO4. The largest absolute Gasteiger partial charge is 0.482 e. The molecule has 3 aromatic carbocycles. The molecule has 0 amide bonds. The number of hydrogen-bond donors (Lipinski definition) is 0. The van der Waals surface area contributed by atoms with Crippen LogP contribution >= 0.6 is 0 Å². The summed E-state index contributed by atoms with van der Waals surface area (Å²) in [6.07, 6.45) is 5.11. The lowest BCUT2D eigenvalue weighted by Crippen LogP contribution is -2.12. The molecule has 1 atom stereocenters. The van der Waals surface area contributed by atoms with Crippen LogP contribution in [0, 0.1) is 5.92 Å². The number of methoxy groups -OCH3 is 1. The first-order valence-corrected chi connectivity index (χ1v) is 11.8. The molecule has 1 heterocycles. The molecule has 1 aliphatic rings. The lowest BCUT2D eigenvalue weighted by atomic mass is 9.93. The Kier molecular flexibility index (Phi) is 6.75. The van der Waals surface area contributed by atoms with Gasteiger partial charge in [-0.15, -0.1) is 0 Å². The summed E-state index contributed by atoms with van der Waals surface area (Å²) in [5, 5.41) is 0. The van der Waals surface area contributed by atoms with E-state index in [1.165, 1.54) is 7.11 Å². The van der Waals surface area contributed by atoms with Crippen molar-refractivity contribution in [3.63, 3.8) is 0 Å². The van der Waals surface area contributed by atoms with Gasteiger partial charge >= 0.3 is 5.97 Å². The van der Waals surface area contributed by atoms with Crippen molar-refractivity contribution in [2.45, 2.75) is 19.3 Å². The molecule has 5 rings (SSSR count). The van der Waals surface area contributed by atoms with Crippen molar-refractivity contribution < 1.29 is 18.7 Å². The third kappa shape index (κ3) is 5.19. The Morgan fingerprint density at radius 2 is 1.71 bits per heavy atom. The number of rotatable bonds is 8. The molecule has 1 aromatic heterocycles. The van der Waals surface area contributed by atoms with Crippen LogP contribution in [-0.4, -0.2) is 24.7 Å². The molecule has 0 unspecified atom stereocenters. The van der Waals surface area contributed by atoms with Gasteiger partial charge < -0.3 is 13.9 Å². The predicted molar refractivity (Wildman–Crippen MR) is 136 cm³/mol. The Hall–Kier alpha value is -4.12. The minimum Gasteiger partial charge on any atom is -0.482 e. The van der Waals surface area contributed by atoms with E-state index in [0.29, 0.717) is 11.6 Å². The van der Waals surface area contributed by atoms with Crippen LogP contribution in [0.3, 0.4) is 0 Å². The van der Waals surface area contributed by atoms with Crippen LogP contribution in [0.25, 0.3) is 28.2 Å². The van der Waals surface area contributed by atoms with Gasteiger partial charge in [0.1, 0.15) is 11.4 Å². The van der Waals surface area contributed by atoms with Crippen molar-refractivity contribution in [2.75, 3.05) is 13.7 Å². The molecule has 0 fully saturated rings. The quantitative estimate of drug-likeness (QED) is 0.275. The highest BCUT2D eigenvalue weighted by atomic mass is 16.6. The maximum Gasteiger partial charge on any atom is 0.343 e. The second-order valence-electron chi connectivity index (χ2n) is 8.58. The third-order valence-electron chi connectivity index (χ3n) is 6.24. The summed E-state index contributed by atoms with van der Waals surface area (Å²) < 4.78 is 16.7. The van der Waals surface area contributed by atoms with Gasteiger partial charge in [-0.1, -0.05) is 78.9 Å². The molecular weight excluding hydrogens is 438 g/mol. The van der Waals surface area contributed by atoms with Gasteiger partial charge in [-0.2, -0.15) is 0 Å². The van der Waals surface area contributed by atoms with E-state index in [1.54, 1.807) is 0 Å². The lowest BCUT2D eigenvalue weighted by molar-refractivity contribution is -0.142. The van der Waals surface area contributed by atoms with Crippen molar-refractivity contribution in [1.29, 1.82) is 0 Å². The van der Waals surface area contributed by atoms with E-state index < -0.39 is 5.97 Å². The van der Waals surface area contributed by atoms with Crippen molar-refractivity contribution >= 4 is 11.5 Å². The summed E-state index contributed by atoms with van der Waals surface area (Å²) in [6, 6.07) is 28.2. The molecule has 5 heteroatoms. The summed E-state index contributed by atoms with van der Waals surface area (Å²) in [5.74, 6) is 2.02. The Bertz CT molecular complexity index is 1270. The molecule has 176 valence electrons. The Morgan fingerprint density at radius 1 is 0.971 bits per heavy atom. The predicted octanol–water partition coefficient (Wildman–Crippen LogP) is 6.60. The van der Waals surface area contributed by atoms with E-state index in [4.69, 9.17) is 14.1 Å². The maximum atomic E-state index is 11.4. The molecule has 0 bridgehead atoms. The number of benzene rings is 3. The van der Waals surface area contributed by atoms with Crippen LogP contribution in [0.4, 0.5) is 0 Å². The zero-order valence-electron chi connectivity index (χ0n) is 19.6. The van der Waals surface area contributed by atoms with E-state index in [9.17, 15) is 4.79 Å². The average Bonchev–Trinajstić information content (AvgIpc) is 3.56. The van der Waals surface area contributed by atoms with Gasteiger partial charge in [0.2, 0.25) is 5.89 Å². The molecule has 0 aliphatic heterocycles. The van der Waals surface area contributed by atoms with E-state index in [1.807, 2.05) is 54.6 Å². The normalized spacial score (nSPS) is 15.0. The first-order valence-electron chi connectivity index (χ1n) is 11.8. The monoisotopic (exact) mass is 465 g/mol. The Labute approximate surface area is 205 Å². The highest BCUT2D eigenvalue weighted by Crippen LogP contribution is 2.40. The number of allylic oxidation sites excluding steroid dienone is 2. The molecule has 5 nitrogen and oxygen atoms in total. The van der Waals surface area contributed by atoms with Crippen LogP contribution < -0.4 is 4.74 Å². The summed E-state index contributed by atoms with van der Waals surface area (Å²) >= 11 is 0. The number of oxazole rings is 1. The number of ether oxygens (including phenoxy) is 2. The van der Waals surface area contributed by atoms with Gasteiger partial charge in [-0.25, -0.2) is 9.78 Å². The van der Waals surface area contributed by atoms with Crippen LogP contribution in [0.15, 0.2) is 95.4 Å². The molecule has 0 saturated carbocycles. The molecule has 4 aromatic rings. The second-order valence-corrected chi connectivity index (χ2v) is 8.58. The zero-order chi connectivity index (χ0) is 24.0. The molecule has 0 saturated heterocycles. The second kappa shape index (κ2) is 10.4. The number of carbonyl (C=O) groups is 1. The number of hydrogen-bond acceptors (Lipinski definition) is 5. The fourth-order valence-electron chi connectivity index (χ4n) is 4.50. The molecule has 0 spiro atoms. The van der Waals surface area contributed by atoms with Crippen LogP contribution in [0.5, 0.6) is 5.75 Å². The van der Waals surface area contributed by atoms with Crippen molar-refractivity contribution in [2.24, 2.45) is 5.92 Å². The average molecular weight is 466 g/mol. The summed E-state index contributed by atoms with van der Waals surface area (Å²) in [7, 11) is 1.35. The first kappa shape index (κ1) is 22.7. The number of carbonyl (C=O) groups excluding carboxylic acids is 1. The van der Waals surface area contributed by atoms with Gasteiger partial charge in [0.15, 0.2) is 12.4 Å². The summed E-state index contributed by atoms with van der Waals surface area (Å²) in [5.41, 5.74) is 5.19. The van der Waals surface area contributed by atoms with Gasteiger partial charge in [0, 0.05) is 16.7 Å². The zero-order valence-corrected chi connectivity index (χ0v) is 19.6. The van der Waals surface area contributed by atoms with E-state index in [2.05, 4.69) is 41.1 Å². The number of esters is 1. The molecule has 35 heavy (non-hydrogen) atoms. The van der Waals surface area contributed by atoms with Crippen LogP contribution in [0.2, 0.25) is 0 Å². The molecule has 0 N–H and O–H groups in total. The number of nitrogens with zero attached hydrogens (tertiary/aromatic N) is 1. The van der Waals surface area contributed by atoms with Crippen LogP contribution in [0.1, 0.15) is 24.3 Å². The van der Waals surface area contributed by atoms with Gasteiger partial charge in [-0.3, -0.25) is 0 Å². The van der Waals surface area contributed by atoms with Gasteiger partial charge in [0.05, 0.1) is 7.11 Å². The van der Waals surface area contributed by atoms with E-state index in [-0.39, 0.29) is 12.5 Å². The highest BCUT2D eigenvalue weighted by molar-refractivity contribution is 5.79. The standard InChI is InChI=1S/C30H27NO4/c1-33-27(32)20-34-25-16-8-10-21(19-25)18-24-15-9-17-26(24)30-31-28(22-11-4-2-5-12-22)29(35-30)23-13-6-3-7-14-23/h2-8,10-14,16-17,19,24H,9,15,18,20H2,1H3/t24-/m0/s1. The van der Waals surface area contributed by atoms with Gasteiger partial charge in [-0.05, 0) is 42.9 Å². The summed E-state index contributed by atoms with van der Waals surface area (Å²) in [6.45, 7) is -0.102. The SMILES string of the molecule is COC(=O)COc1cccc(C[C@@H]2CCC=C2c2nc(-c3ccccc3)c(-c3ccccc3)o2)c1. The minimum absolute atomic E-state index is 0.102. The van der Waals surface area contributed by atoms with Gasteiger partial charge in [0.25, 0.3) is 0 Å².